The SMILES string of the molecule is O=C(c1ccc(F)cc1I)c1cncc2ccccc12. The van der Waals surface area contributed by atoms with E-state index < -0.39 is 0 Å². The van der Waals surface area contributed by atoms with E-state index in [1.165, 1.54) is 18.2 Å². The Labute approximate surface area is 128 Å². The summed E-state index contributed by atoms with van der Waals surface area (Å²) in [4.78, 5) is 16.7. The van der Waals surface area contributed by atoms with Crippen LogP contribution in [0, 0.1) is 9.39 Å². The third-order valence-electron chi connectivity index (χ3n) is 3.09. The zero-order valence-electron chi connectivity index (χ0n) is 10.3. The average Bonchev–Trinajstić information content (AvgIpc) is 2.46. The van der Waals surface area contributed by atoms with Crippen LogP contribution in [0.2, 0.25) is 0 Å². The summed E-state index contributed by atoms with van der Waals surface area (Å²) in [5.41, 5.74) is 1.03. The number of benzene rings is 2. The molecule has 0 aliphatic heterocycles. The van der Waals surface area contributed by atoms with E-state index in [2.05, 4.69) is 4.98 Å². The van der Waals surface area contributed by atoms with E-state index in [1.54, 1.807) is 12.4 Å². The number of hydrogen-bond acceptors (Lipinski definition) is 2. The first kappa shape index (κ1) is 13.2. The van der Waals surface area contributed by atoms with E-state index in [0.29, 0.717) is 14.7 Å². The topological polar surface area (TPSA) is 30.0 Å². The van der Waals surface area contributed by atoms with E-state index in [1.807, 2.05) is 46.9 Å². The van der Waals surface area contributed by atoms with Crippen LogP contribution in [0.15, 0.2) is 54.9 Å². The molecule has 0 aliphatic carbocycles. The summed E-state index contributed by atoms with van der Waals surface area (Å²) in [6.45, 7) is 0. The minimum atomic E-state index is -0.345. The van der Waals surface area contributed by atoms with Gasteiger partial charge in [0.15, 0.2) is 5.78 Å². The summed E-state index contributed by atoms with van der Waals surface area (Å²) in [6, 6.07) is 11.8. The Morgan fingerprint density at radius 1 is 1.05 bits per heavy atom. The zero-order valence-corrected chi connectivity index (χ0v) is 12.5. The molecule has 0 N–H and O–H groups in total. The molecule has 0 atom stereocenters. The molecule has 20 heavy (non-hydrogen) atoms. The normalized spacial score (nSPS) is 10.7. The van der Waals surface area contributed by atoms with Crippen molar-refractivity contribution in [1.29, 1.82) is 0 Å². The summed E-state index contributed by atoms with van der Waals surface area (Å²) in [5, 5.41) is 1.77. The summed E-state index contributed by atoms with van der Waals surface area (Å²) >= 11 is 1.97. The maximum atomic E-state index is 13.1. The van der Waals surface area contributed by atoms with Crippen molar-refractivity contribution in [3.05, 3.63) is 75.4 Å². The van der Waals surface area contributed by atoms with Gasteiger partial charge in [0.2, 0.25) is 0 Å². The predicted octanol–water partition coefficient (Wildman–Crippen LogP) is 4.21. The van der Waals surface area contributed by atoms with Gasteiger partial charge in [0, 0.05) is 32.5 Å². The van der Waals surface area contributed by atoms with Crippen LogP contribution in [0.25, 0.3) is 10.8 Å². The number of aromatic nitrogens is 1. The highest BCUT2D eigenvalue weighted by molar-refractivity contribution is 14.1. The maximum Gasteiger partial charge on any atom is 0.196 e. The van der Waals surface area contributed by atoms with Crippen LogP contribution in [-0.4, -0.2) is 10.8 Å². The largest absolute Gasteiger partial charge is 0.288 e. The van der Waals surface area contributed by atoms with Gasteiger partial charge in [0.25, 0.3) is 0 Å². The Morgan fingerprint density at radius 2 is 1.85 bits per heavy atom. The fraction of sp³-hybridized carbons (Fsp3) is 0. The molecule has 0 unspecified atom stereocenters. The molecule has 3 aromatic rings. The molecule has 0 saturated carbocycles. The molecule has 4 heteroatoms. The van der Waals surface area contributed by atoms with Crippen LogP contribution >= 0.6 is 22.6 Å². The third kappa shape index (κ3) is 2.31. The van der Waals surface area contributed by atoms with Gasteiger partial charge >= 0.3 is 0 Å². The van der Waals surface area contributed by atoms with Gasteiger partial charge in [0.05, 0.1) is 0 Å². The first-order valence-electron chi connectivity index (χ1n) is 5.99. The Bertz CT molecular complexity index is 811. The lowest BCUT2D eigenvalue weighted by Crippen LogP contribution is -2.05. The lowest BCUT2D eigenvalue weighted by Gasteiger charge is -2.07. The number of fused-ring (bicyclic) bond motifs is 1. The first-order chi connectivity index (χ1) is 9.66. The lowest BCUT2D eigenvalue weighted by molar-refractivity contribution is 0.103. The fourth-order valence-electron chi connectivity index (χ4n) is 2.12. The van der Waals surface area contributed by atoms with E-state index in [0.717, 1.165) is 10.8 Å². The lowest BCUT2D eigenvalue weighted by atomic mass is 10.00. The monoisotopic (exact) mass is 377 g/mol. The smallest absolute Gasteiger partial charge is 0.196 e. The quantitative estimate of drug-likeness (QED) is 0.495. The molecule has 1 aromatic heterocycles. The number of halogens is 2. The number of pyridine rings is 1. The third-order valence-corrected chi connectivity index (χ3v) is 3.98. The molecular formula is C16H9FINO. The van der Waals surface area contributed by atoms with Crippen molar-refractivity contribution in [3.63, 3.8) is 0 Å². The summed E-state index contributed by atoms with van der Waals surface area (Å²) < 4.78 is 13.7. The van der Waals surface area contributed by atoms with E-state index in [-0.39, 0.29) is 11.6 Å². The molecule has 0 spiro atoms. The Kier molecular flexibility index (Phi) is 3.48. The summed E-state index contributed by atoms with van der Waals surface area (Å²) in [5.74, 6) is -0.485. The summed E-state index contributed by atoms with van der Waals surface area (Å²) in [6.07, 6.45) is 3.28. The summed E-state index contributed by atoms with van der Waals surface area (Å²) in [7, 11) is 0. The molecule has 0 radical (unpaired) electrons. The zero-order chi connectivity index (χ0) is 14.1. The van der Waals surface area contributed by atoms with E-state index in [4.69, 9.17) is 0 Å². The minimum Gasteiger partial charge on any atom is -0.288 e. The Morgan fingerprint density at radius 3 is 2.65 bits per heavy atom. The molecule has 0 saturated heterocycles. The molecule has 3 rings (SSSR count). The molecule has 98 valence electrons. The second-order valence-corrected chi connectivity index (χ2v) is 5.52. The molecule has 1 heterocycles. The van der Waals surface area contributed by atoms with E-state index in [9.17, 15) is 9.18 Å². The van der Waals surface area contributed by atoms with Crippen LogP contribution in [0.1, 0.15) is 15.9 Å². The van der Waals surface area contributed by atoms with Crippen molar-refractivity contribution in [2.75, 3.05) is 0 Å². The van der Waals surface area contributed by atoms with Crippen LogP contribution in [0.4, 0.5) is 4.39 Å². The second kappa shape index (κ2) is 5.28. The fourth-order valence-corrected chi connectivity index (χ4v) is 2.84. The van der Waals surface area contributed by atoms with Gasteiger partial charge in [-0.3, -0.25) is 9.78 Å². The number of carbonyl (C=O) groups excluding carboxylic acids is 1. The van der Waals surface area contributed by atoms with Gasteiger partial charge in [-0.05, 0) is 46.2 Å². The number of rotatable bonds is 2. The van der Waals surface area contributed by atoms with Gasteiger partial charge < -0.3 is 0 Å². The molecule has 0 amide bonds. The van der Waals surface area contributed by atoms with Crippen molar-refractivity contribution in [1.82, 2.24) is 4.98 Å². The molecule has 0 bridgehead atoms. The molecular weight excluding hydrogens is 368 g/mol. The van der Waals surface area contributed by atoms with Crippen LogP contribution in [0.5, 0.6) is 0 Å². The predicted molar refractivity (Wildman–Crippen MR) is 84.3 cm³/mol. The number of ketones is 1. The van der Waals surface area contributed by atoms with Gasteiger partial charge in [-0.25, -0.2) is 4.39 Å². The van der Waals surface area contributed by atoms with Gasteiger partial charge in [0.1, 0.15) is 5.82 Å². The van der Waals surface area contributed by atoms with Crippen LogP contribution < -0.4 is 0 Å². The standard InChI is InChI=1S/C16H9FINO/c17-11-5-6-13(15(18)7-11)16(20)14-9-19-8-10-3-1-2-4-12(10)14/h1-9H. The number of carbonyl (C=O) groups is 1. The molecule has 2 aromatic carbocycles. The molecule has 0 fully saturated rings. The highest BCUT2D eigenvalue weighted by atomic mass is 127. The second-order valence-electron chi connectivity index (χ2n) is 4.36. The van der Waals surface area contributed by atoms with Crippen molar-refractivity contribution < 1.29 is 9.18 Å². The highest BCUT2D eigenvalue weighted by Crippen LogP contribution is 2.23. The van der Waals surface area contributed by atoms with Gasteiger partial charge in [-0.1, -0.05) is 24.3 Å². The number of hydrogen-bond donors (Lipinski definition) is 0. The van der Waals surface area contributed by atoms with Crippen LogP contribution in [-0.2, 0) is 0 Å². The van der Waals surface area contributed by atoms with Crippen LogP contribution in [0.3, 0.4) is 0 Å². The molecule has 2 nitrogen and oxygen atoms in total. The first-order valence-corrected chi connectivity index (χ1v) is 7.07. The van der Waals surface area contributed by atoms with Gasteiger partial charge in [-0.2, -0.15) is 0 Å². The highest BCUT2D eigenvalue weighted by Gasteiger charge is 2.15. The Hall–Kier alpha value is -1.82. The Balaban J connectivity index is 2.18. The van der Waals surface area contributed by atoms with Crippen molar-refractivity contribution >= 4 is 39.1 Å². The minimum absolute atomic E-state index is 0.140. The van der Waals surface area contributed by atoms with E-state index >= 15 is 0 Å². The van der Waals surface area contributed by atoms with Gasteiger partial charge in [-0.15, -0.1) is 0 Å². The molecule has 0 aliphatic rings. The van der Waals surface area contributed by atoms with Crippen molar-refractivity contribution in [2.45, 2.75) is 0 Å². The number of nitrogens with zero attached hydrogens (tertiary/aromatic N) is 1. The van der Waals surface area contributed by atoms with Crippen molar-refractivity contribution in [3.8, 4) is 0 Å². The average molecular weight is 377 g/mol. The van der Waals surface area contributed by atoms with Crippen molar-refractivity contribution in [2.24, 2.45) is 0 Å². The maximum absolute atomic E-state index is 13.1.